The van der Waals surface area contributed by atoms with Crippen LogP contribution in [0, 0.1) is 10.1 Å². The first-order valence-corrected chi connectivity index (χ1v) is 12.7. The van der Waals surface area contributed by atoms with E-state index < -0.39 is 11.1 Å². The Kier molecular flexibility index (Phi) is 19.4. The topological polar surface area (TPSA) is 78.7 Å². The molecule has 0 saturated heterocycles. The molecule has 32 heavy (non-hydrogen) atoms. The van der Waals surface area contributed by atoms with Crippen molar-refractivity contribution < 1.29 is 19.2 Å². The van der Waals surface area contributed by atoms with Crippen molar-refractivity contribution in [1.29, 1.82) is 0 Å². The molecule has 0 amide bonds. The molecule has 0 heterocycles. The zero-order valence-corrected chi connectivity index (χ0v) is 20.8. The third kappa shape index (κ3) is 15.7. The van der Waals surface area contributed by atoms with Crippen molar-refractivity contribution >= 4 is 11.8 Å². The number of nitrogens with zero attached hydrogens (tertiary/aromatic N) is 1. The lowest BCUT2D eigenvalue weighted by molar-refractivity contribution is -0.384. The van der Waals surface area contributed by atoms with Crippen molar-refractivity contribution in [3.8, 4) is 5.75 Å². The molecular weight excluding hydrogens is 406 g/mol. The van der Waals surface area contributed by atoms with Crippen LogP contribution in [-0.2, 0) is 4.74 Å². The summed E-state index contributed by atoms with van der Waals surface area (Å²) >= 11 is 0. The first-order valence-electron chi connectivity index (χ1n) is 12.7. The summed E-state index contributed by atoms with van der Waals surface area (Å²) in [6.45, 7) is 8.42. The number of hydrogen-bond donors (Lipinski definition) is 0. The number of hydrogen-bond acceptors (Lipinski definition) is 5. The van der Waals surface area contributed by atoms with Crippen molar-refractivity contribution in [2.24, 2.45) is 0 Å². The molecule has 0 N–H and O–H groups in total. The Bertz CT molecular complexity index is 572. The minimum atomic E-state index is -0.731. The van der Waals surface area contributed by atoms with Crippen LogP contribution in [0.1, 0.15) is 118 Å². The van der Waals surface area contributed by atoms with Crippen LogP contribution in [0.15, 0.2) is 24.3 Å². The van der Waals surface area contributed by atoms with E-state index in [1.54, 1.807) is 0 Å². The zero-order valence-electron chi connectivity index (χ0n) is 20.8. The van der Waals surface area contributed by atoms with Crippen LogP contribution in [0.3, 0.4) is 0 Å². The zero-order chi connectivity index (χ0) is 24.0. The second-order valence-corrected chi connectivity index (χ2v) is 7.96. The van der Waals surface area contributed by atoms with E-state index in [4.69, 9.17) is 9.47 Å². The van der Waals surface area contributed by atoms with Crippen molar-refractivity contribution in [2.75, 3.05) is 0 Å². The smallest absolute Gasteiger partial charge is 0.431 e. The van der Waals surface area contributed by atoms with Crippen molar-refractivity contribution in [3.05, 3.63) is 34.4 Å². The molecule has 6 heteroatoms. The summed E-state index contributed by atoms with van der Waals surface area (Å²) in [5.74, 6) is 0.253. The Morgan fingerprint density at radius 3 is 1.69 bits per heavy atom. The van der Waals surface area contributed by atoms with Gasteiger partial charge in [-0.05, 0) is 37.8 Å². The first-order chi connectivity index (χ1) is 15.6. The number of unbranched alkanes of at least 4 members (excludes halogenated alkanes) is 10. The molecule has 1 aromatic carbocycles. The van der Waals surface area contributed by atoms with Gasteiger partial charge in [0.2, 0.25) is 0 Å². The maximum Gasteiger partial charge on any atom is 0.514 e. The van der Waals surface area contributed by atoms with Gasteiger partial charge in [0, 0.05) is 12.1 Å². The van der Waals surface area contributed by atoms with Crippen molar-refractivity contribution in [1.82, 2.24) is 0 Å². The molecule has 1 rings (SSSR count). The van der Waals surface area contributed by atoms with Crippen molar-refractivity contribution in [3.63, 3.8) is 0 Å². The second-order valence-electron chi connectivity index (χ2n) is 7.96. The Balaban J connectivity index is 0.00000466. The van der Waals surface area contributed by atoms with E-state index >= 15 is 0 Å². The summed E-state index contributed by atoms with van der Waals surface area (Å²) < 4.78 is 10.8. The summed E-state index contributed by atoms with van der Waals surface area (Å²) in [6, 6.07) is 5.45. The molecule has 0 saturated carbocycles. The van der Waals surface area contributed by atoms with Gasteiger partial charge in [-0.2, -0.15) is 0 Å². The molecule has 0 aliphatic carbocycles. The fourth-order valence-corrected chi connectivity index (χ4v) is 3.46. The van der Waals surface area contributed by atoms with E-state index in [1.807, 2.05) is 13.8 Å². The van der Waals surface area contributed by atoms with E-state index in [0.29, 0.717) is 0 Å². The van der Waals surface area contributed by atoms with Gasteiger partial charge in [-0.1, -0.05) is 91.9 Å². The lowest BCUT2D eigenvalue weighted by atomic mass is 10.0. The van der Waals surface area contributed by atoms with Crippen LogP contribution in [0.25, 0.3) is 0 Å². The average molecular weight is 452 g/mol. The van der Waals surface area contributed by atoms with Gasteiger partial charge in [0.1, 0.15) is 11.9 Å². The molecule has 184 valence electrons. The SMILES string of the molecule is CC.CCCCCCCCC(CCCCCCCC)OC(=O)Oc1ccc([N+](=O)[O-])cc1. The molecular formula is C26H45NO5. The van der Waals surface area contributed by atoms with Gasteiger partial charge >= 0.3 is 6.16 Å². The standard InChI is InChI=1S/C24H39NO5.C2H6/c1-3-5-7-9-11-13-15-22(16-14-12-10-8-6-4-2)29-24(26)30-23-19-17-21(18-20-23)25(27)28;1-2/h17-20,22H,3-16H2,1-2H3;1-2H3. The van der Waals surface area contributed by atoms with Gasteiger partial charge in [0.25, 0.3) is 5.69 Å². The highest BCUT2D eigenvalue weighted by Crippen LogP contribution is 2.20. The number of nitro groups is 1. The summed E-state index contributed by atoms with van der Waals surface area (Å²) in [4.78, 5) is 22.4. The quantitative estimate of drug-likeness (QED) is 0.0776. The molecule has 0 bridgehead atoms. The minimum Gasteiger partial charge on any atom is -0.431 e. The predicted octanol–water partition coefficient (Wildman–Crippen LogP) is 9.01. The monoisotopic (exact) mass is 451 g/mol. The highest BCUT2D eigenvalue weighted by molar-refractivity contribution is 5.64. The number of carbonyl (C=O) groups is 1. The van der Waals surface area contributed by atoms with Crippen LogP contribution < -0.4 is 4.74 Å². The Morgan fingerprint density at radius 2 is 1.25 bits per heavy atom. The Morgan fingerprint density at radius 1 is 0.812 bits per heavy atom. The minimum absolute atomic E-state index is 0.0419. The first kappa shape index (κ1) is 29.9. The maximum atomic E-state index is 12.2. The second kappa shape index (κ2) is 20.8. The number of ether oxygens (including phenoxy) is 2. The normalized spacial score (nSPS) is 10.4. The third-order valence-corrected chi connectivity index (χ3v) is 5.27. The van der Waals surface area contributed by atoms with Gasteiger partial charge in [-0.15, -0.1) is 0 Å². The molecule has 0 aromatic heterocycles. The molecule has 0 unspecified atom stereocenters. The van der Waals surface area contributed by atoms with E-state index in [0.717, 1.165) is 38.5 Å². The van der Waals surface area contributed by atoms with Gasteiger partial charge in [-0.25, -0.2) is 4.79 Å². The van der Waals surface area contributed by atoms with Gasteiger partial charge in [-0.3, -0.25) is 10.1 Å². The number of nitro benzene ring substituents is 1. The highest BCUT2D eigenvalue weighted by atomic mass is 16.7. The highest BCUT2D eigenvalue weighted by Gasteiger charge is 2.16. The molecule has 0 aliphatic heterocycles. The number of non-ortho nitro benzene ring substituents is 1. The number of carbonyl (C=O) groups excluding carboxylic acids is 1. The van der Waals surface area contributed by atoms with Crippen LogP contribution >= 0.6 is 0 Å². The van der Waals surface area contributed by atoms with E-state index in [2.05, 4.69) is 13.8 Å². The summed E-state index contributed by atoms with van der Waals surface area (Å²) in [7, 11) is 0. The van der Waals surface area contributed by atoms with Crippen molar-refractivity contribution in [2.45, 2.75) is 124 Å². The van der Waals surface area contributed by atoms with Crippen LogP contribution in [-0.4, -0.2) is 17.2 Å². The van der Waals surface area contributed by atoms with E-state index in [1.165, 1.54) is 75.6 Å². The van der Waals surface area contributed by atoms with Gasteiger partial charge in [0.05, 0.1) is 4.92 Å². The molecule has 0 radical (unpaired) electrons. The van der Waals surface area contributed by atoms with Crippen LogP contribution in [0.2, 0.25) is 0 Å². The van der Waals surface area contributed by atoms with E-state index in [9.17, 15) is 14.9 Å². The third-order valence-electron chi connectivity index (χ3n) is 5.27. The van der Waals surface area contributed by atoms with Crippen LogP contribution in [0.5, 0.6) is 5.75 Å². The molecule has 0 spiro atoms. The summed E-state index contributed by atoms with van der Waals surface area (Å²) in [5.41, 5.74) is -0.0419. The lowest BCUT2D eigenvalue weighted by Crippen LogP contribution is -2.21. The van der Waals surface area contributed by atoms with E-state index in [-0.39, 0.29) is 17.5 Å². The lowest BCUT2D eigenvalue weighted by Gasteiger charge is -2.17. The number of rotatable bonds is 17. The molecule has 1 aromatic rings. The molecule has 0 aliphatic rings. The van der Waals surface area contributed by atoms with Crippen LogP contribution in [0.4, 0.5) is 10.5 Å². The van der Waals surface area contributed by atoms with Gasteiger partial charge < -0.3 is 9.47 Å². The molecule has 6 nitrogen and oxygen atoms in total. The predicted molar refractivity (Wildman–Crippen MR) is 131 cm³/mol. The Labute approximate surface area is 195 Å². The molecule has 0 atom stereocenters. The molecule has 0 fully saturated rings. The average Bonchev–Trinajstić information content (AvgIpc) is 2.79. The van der Waals surface area contributed by atoms with Gasteiger partial charge in [0.15, 0.2) is 0 Å². The Hall–Kier alpha value is -2.11. The summed E-state index contributed by atoms with van der Waals surface area (Å²) in [5, 5.41) is 10.7. The largest absolute Gasteiger partial charge is 0.514 e. The summed E-state index contributed by atoms with van der Waals surface area (Å²) in [6.07, 6.45) is 15.3. The number of benzene rings is 1. The fourth-order valence-electron chi connectivity index (χ4n) is 3.46. The maximum absolute atomic E-state index is 12.2. The fraction of sp³-hybridized carbons (Fsp3) is 0.731.